The van der Waals surface area contributed by atoms with E-state index in [0.717, 1.165) is 31.2 Å². The van der Waals surface area contributed by atoms with Gasteiger partial charge in [-0.1, -0.05) is 25.0 Å². The third-order valence-corrected chi connectivity index (χ3v) is 3.56. The molecule has 1 amide bonds. The van der Waals surface area contributed by atoms with Crippen molar-refractivity contribution in [3.63, 3.8) is 0 Å². The van der Waals surface area contributed by atoms with E-state index in [2.05, 4.69) is 5.32 Å². The van der Waals surface area contributed by atoms with Crippen LogP contribution in [0.2, 0.25) is 0 Å². The van der Waals surface area contributed by atoms with Gasteiger partial charge in [0.25, 0.3) is 5.91 Å². The van der Waals surface area contributed by atoms with Crippen LogP contribution in [-0.2, 0) is 6.54 Å². The third kappa shape index (κ3) is 3.09. The number of hydrogen-bond donors (Lipinski definition) is 3. The van der Waals surface area contributed by atoms with Gasteiger partial charge >= 0.3 is 0 Å². The lowest BCUT2D eigenvalue weighted by Gasteiger charge is -2.22. The van der Waals surface area contributed by atoms with E-state index in [1.54, 1.807) is 12.1 Å². The molecular formula is C14H20N2O2. The molecule has 1 aliphatic rings. The first-order chi connectivity index (χ1) is 8.63. The minimum absolute atomic E-state index is 0.140. The van der Waals surface area contributed by atoms with Crippen molar-refractivity contribution in [1.29, 1.82) is 0 Å². The zero-order valence-corrected chi connectivity index (χ0v) is 10.5. The first-order valence-corrected chi connectivity index (χ1v) is 6.43. The summed E-state index contributed by atoms with van der Waals surface area (Å²) in [5, 5.41) is 12.9. The second kappa shape index (κ2) is 5.50. The van der Waals surface area contributed by atoms with Crippen LogP contribution in [0.15, 0.2) is 24.3 Å². The highest BCUT2D eigenvalue weighted by molar-refractivity contribution is 5.94. The van der Waals surface area contributed by atoms with Gasteiger partial charge in [-0.25, -0.2) is 0 Å². The lowest BCUT2D eigenvalue weighted by atomic mass is 10.0. The van der Waals surface area contributed by atoms with E-state index < -0.39 is 5.60 Å². The molecule has 0 aromatic heterocycles. The second-order valence-corrected chi connectivity index (χ2v) is 5.02. The number of benzene rings is 1. The van der Waals surface area contributed by atoms with Crippen LogP contribution in [0.3, 0.4) is 0 Å². The number of nitrogens with one attached hydrogen (secondary N) is 1. The molecule has 1 aromatic rings. The predicted molar refractivity (Wildman–Crippen MR) is 70.1 cm³/mol. The molecule has 0 aliphatic heterocycles. The molecule has 0 saturated heterocycles. The summed E-state index contributed by atoms with van der Waals surface area (Å²) in [7, 11) is 0. The zero-order valence-electron chi connectivity index (χ0n) is 10.5. The highest BCUT2D eigenvalue weighted by Crippen LogP contribution is 2.28. The van der Waals surface area contributed by atoms with E-state index in [1.807, 2.05) is 12.1 Å². The summed E-state index contributed by atoms with van der Waals surface area (Å²) in [6, 6.07) is 7.21. The molecule has 1 aliphatic carbocycles. The number of nitrogens with two attached hydrogens (primary N) is 1. The summed E-state index contributed by atoms with van der Waals surface area (Å²) in [5.41, 5.74) is 6.41. The van der Waals surface area contributed by atoms with Gasteiger partial charge in [-0.15, -0.1) is 0 Å². The Morgan fingerprint density at radius 3 is 2.44 bits per heavy atom. The monoisotopic (exact) mass is 248 g/mol. The Morgan fingerprint density at radius 2 is 1.89 bits per heavy atom. The molecule has 1 fully saturated rings. The van der Waals surface area contributed by atoms with Gasteiger partial charge in [-0.05, 0) is 30.5 Å². The van der Waals surface area contributed by atoms with Crippen molar-refractivity contribution < 1.29 is 9.90 Å². The van der Waals surface area contributed by atoms with Crippen LogP contribution in [-0.4, -0.2) is 23.2 Å². The number of rotatable bonds is 4. The molecule has 2 rings (SSSR count). The molecule has 1 saturated carbocycles. The lowest BCUT2D eigenvalue weighted by Crippen LogP contribution is -2.40. The molecule has 4 nitrogen and oxygen atoms in total. The molecule has 1 aromatic carbocycles. The van der Waals surface area contributed by atoms with E-state index in [1.165, 1.54) is 0 Å². The number of amides is 1. The molecule has 0 spiro atoms. The average Bonchev–Trinajstić information content (AvgIpc) is 2.83. The highest BCUT2D eigenvalue weighted by Gasteiger charge is 2.31. The minimum Gasteiger partial charge on any atom is -0.388 e. The van der Waals surface area contributed by atoms with Gasteiger partial charge in [0.15, 0.2) is 0 Å². The van der Waals surface area contributed by atoms with Gasteiger partial charge in [0.2, 0.25) is 0 Å². The summed E-state index contributed by atoms with van der Waals surface area (Å²) in [6.45, 7) is 0.812. The maximum Gasteiger partial charge on any atom is 0.251 e. The molecular weight excluding hydrogens is 228 g/mol. The maximum atomic E-state index is 11.9. The maximum absolute atomic E-state index is 11.9. The largest absolute Gasteiger partial charge is 0.388 e. The number of carbonyl (C=O) groups excluding carboxylic acids is 1. The Balaban J connectivity index is 1.90. The quantitative estimate of drug-likeness (QED) is 0.749. The van der Waals surface area contributed by atoms with Crippen LogP contribution >= 0.6 is 0 Å². The van der Waals surface area contributed by atoms with Crippen LogP contribution in [0.25, 0.3) is 0 Å². The van der Waals surface area contributed by atoms with Crippen LogP contribution in [0.4, 0.5) is 0 Å². The fourth-order valence-electron chi connectivity index (χ4n) is 2.35. The number of hydrogen-bond acceptors (Lipinski definition) is 3. The van der Waals surface area contributed by atoms with Crippen LogP contribution in [0.1, 0.15) is 41.6 Å². The lowest BCUT2D eigenvalue weighted by molar-refractivity contribution is 0.0449. The van der Waals surface area contributed by atoms with Gasteiger partial charge < -0.3 is 16.2 Å². The molecule has 4 N–H and O–H groups in total. The van der Waals surface area contributed by atoms with Crippen molar-refractivity contribution in [1.82, 2.24) is 5.32 Å². The standard InChI is InChI=1S/C14H20N2O2/c15-9-11-3-5-12(6-4-11)13(17)16-10-14(18)7-1-2-8-14/h3-6,18H,1-2,7-10,15H2,(H,16,17). The van der Waals surface area contributed by atoms with Crippen molar-refractivity contribution in [2.45, 2.75) is 37.8 Å². The molecule has 4 heteroatoms. The molecule has 0 atom stereocenters. The smallest absolute Gasteiger partial charge is 0.251 e. The van der Waals surface area contributed by atoms with Gasteiger partial charge in [0.05, 0.1) is 5.60 Å². The number of aliphatic hydroxyl groups is 1. The summed E-state index contributed by atoms with van der Waals surface area (Å²) in [6.07, 6.45) is 3.63. The molecule has 0 heterocycles. The molecule has 0 radical (unpaired) electrons. The first kappa shape index (κ1) is 13.1. The Morgan fingerprint density at radius 1 is 1.28 bits per heavy atom. The van der Waals surface area contributed by atoms with E-state index in [-0.39, 0.29) is 5.91 Å². The highest BCUT2D eigenvalue weighted by atomic mass is 16.3. The SMILES string of the molecule is NCc1ccc(C(=O)NCC2(O)CCCC2)cc1. The molecule has 0 bridgehead atoms. The Bertz CT molecular complexity index is 408. The summed E-state index contributed by atoms with van der Waals surface area (Å²) in [4.78, 5) is 11.9. The Kier molecular flexibility index (Phi) is 3.99. The Hall–Kier alpha value is -1.39. The minimum atomic E-state index is -0.702. The van der Waals surface area contributed by atoms with E-state index in [9.17, 15) is 9.90 Å². The summed E-state index contributed by atoms with van der Waals surface area (Å²) < 4.78 is 0. The van der Waals surface area contributed by atoms with Crippen LogP contribution < -0.4 is 11.1 Å². The third-order valence-electron chi connectivity index (χ3n) is 3.56. The van der Waals surface area contributed by atoms with Crippen molar-refractivity contribution in [2.24, 2.45) is 5.73 Å². The first-order valence-electron chi connectivity index (χ1n) is 6.43. The zero-order chi connectivity index (χ0) is 13.0. The Labute approximate surface area is 107 Å². The number of carbonyl (C=O) groups is 1. The van der Waals surface area contributed by atoms with Gasteiger partial charge in [0, 0.05) is 18.7 Å². The van der Waals surface area contributed by atoms with Gasteiger partial charge in [0.1, 0.15) is 0 Å². The topological polar surface area (TPSA) is 75.4 Å². The average molecular weight is 248 g/mol. The van der Waals surface area contributed by atoms with Crippen LogP contribution in [0.5, 0.6) is 0 Å². The molecule has 0 unspecified atom stereocenters. The van der Waals surface area contributed by atoms with Gasteiger partial charge in [-0.3, -0.25) is 4.79 Å². The molecule has 98 valence electrons. The van der Waals surface area contributed by atoms with E-state index in [0.29, 0.717) is 18.7 Å². The summed E-state index contributed by atoms with van der Waals surface area (Å²) >= 11 is 0. The molecule has 18 heavy (non-hydrogen) atoms. The van der Waals surface area contributed by atoms with Crippen molar-refractivity contribution in [2.75, 3.05) is 6.54 Å². The van der Waals surface area contributed by atoms with E-state index in [4.69, 9.17) is 5.73 Å². The van der Waals surface area contributed by atoms with Crippen molar-refractivity contribution in [3.05, 3.63) is 35.4 Å². The predicted octanol–water partition coefficient (Wildman–Crippen LogP) is 1.18. The van der Waals surface area contributed by atoms with Crippen LogP contribution in [0, 0.1) is 0 Å². The fraction of sp³-hybridized carbons (Fsp3) is 0.500. The summed E-state index contributed by atoms with van der Waals surface area (Å²) in [5.74, 6) is -0.140. The second-order valence-electron chi connectivity index (χ2n) is 5.02. The van der Waals surface area contributed by atoms with Crippen molar-refractivity contribution in [3.8, 4) is 0 Å². The van der Waals surface area contributed by atoms with E-state index >= 15 is 0 Å². The van der Waals surface area contributed by atoms with Gasteiger partial charge in [-0.2, -0.15) is 0 Å². The fourth-order valence-corrected chi connectivity index (χ4v) is 2.35. The van der Waals surface area contributed by atoms with Crippen molar-refractivity contribution >= 4 is 5.91 Å². The normalized spacial score (nSPS) is 17.7.